The summed E-state index contributed by atoms with van der Waals surface area (Å²) in [7, 11) is 0. The molecule has 0 spiro atoms. The van der Waals surface area contributed by atoms with E-state index in [-0.39, 0.29) is 12.1 Å². The van der Waals surface area contributed by atoms with Crippen molar-refractivity contribution in [1.82, 2.24) is 24.5 Å². The van der Waals surface area contributed by atoms with Crippen molar-refractivity contribution < 1.29 is 4.79 Å². The summed E-state index contributed by atoms with van der Waals surface area (Å²) in [6, 6.07) is 0. The summed E-state index contributed by atoms with van der Waals surface area (Å²) in [6.45, 7) is 7.81. The Morgan fingerprint density at radius 1 is 1.33 bits per heavy atom. The third-order valence-electron chi connectivity index (χ3n) is 4.63. The van der Waals surface area contributed by atoms with Crippen LogP contribution in [0.2, 0.25) is 0 Å². The first-order valence-electron chi connectivity index (χ1n) is 8.75. The van der Waals surface area contributed by atoms with Crippen molar-refractivity contribution in [3.63, 3.8) is 0 Å². The number of nitrogens with zero attached hydrogens (tertiary/aromatic N) is 6. The molecule has 0 saturated heterocycles. The van der Waals surface area contributed by atoms with Gasteiger partial charge in [-0.25, -0.2) is 9.50 Å². The molecule has 1 atom stereocenters. The van der Waals surface area contributed by atoms with Crippen LogP contribution in [0.5, 0.6) is 0 Å². The summed E-state index contributed by atoms with van der Waals surface area (Å²) in [4.78, 5) is 27.7. The van der Waals surface area contributed by atoms with Crippen molar-refractivity contribution in [3.05, 3.63) is 54.0 Å². The number of carbonyl (C=O) groups is 1. The van der Waals surface area contributed by atoms with E-state index in [4.69, 9.17) is 0 Å². The lowest BCUT2D eigenvalue weighted by molar-refractivity contribution is -0.129. The Labute approximate surface area is 161 Å². The molecule has 1 amide bonds. The van der Waals surface area contributed by atoms with Crippen molar-refractivity contribution in [2.24, 2.45) is 4.99 Å². The summed E-state index contributed by atoms with van der Waals surface area (Å²) >= 11 is 1.48. The number of amides is 1. The van der Waals surface area contributed by atoms with Gasteiger partial charge in [0.25, 0.3) is 5.78 Å². The molecular weight excluding hydrogens is 360 g/mol. The van der Waals surface area contributed by atoms with Gasteiger partial charge in [-0.3, -0.25) is 14.7 Å². The molecule has 0 aromatic carbocycles. The Balaban J connectivity index is 1.54. The number of fused-ring (bicyclic) bond motifs is 2. The smallest absolute Gasteiger partial charge is 0.253 e. The molecule has 0 fully saturated rings. The molecule has 2 aromatic rings. The number of aromatic nitrogens is 4. The van der Waals surface area contributed by atoms with Gasteiger partial charge in [-0.1, -0.05) is 23.9 Å². The minimum Gasteiger partial charge on any atom is -0.292 e. The average Bonchev–Trinajstić information content (AvgIpc) is 3.06. The van der Waals surface area contributed by atoms with Gasteiger partial charge in [-0.05, 0) is 38.0 Å². The van der Waals surface area contributed by atoms with Gasteiger partial charge in [0.15, 0.2) is 0 Å². The van der Waals surface area contributed by atoms with Crippen LogP contribution in [0.1, 0.15) is 23.4 Å². The summed E-state index contributed by atoms with van der Waals surface area (Å²) in [5, 5.41) is 5.21. The summed E-state index contributed by atoms with van der Waals surface area (Å²) in [6.07, 6.45) is 10.2. The Morgan fingerprint density at radius 2 is 2.19 bits per heavy atom. The Hall–Kier alpha value is -2.74. The minimum atomic E-state index is -0.228. The summed E-state index contributed by atoms with van der Waals surface area (Å²) in [5.41, 5.74) is 3.96. The van der Waals surface area contributed by atoms with Crippen LogP contribution in [-0.2, 0) is 11.2 Å². The number of rotatable bonds is 5. The van der Waals surface area contributed by atoms with Crippen molar-refractivity contribution in [2.45, 2.75) is 38.0 Å². The van der Waals surface area contributed by atoms with Crippen LogP contribution in [0.25, 0.3) is 5.78 Å². The highest BCUT2D eigenvalue weighted by atomic mass is 32.2. The van der Waals surface area contributed by atoms with Gasteiger partial charge in [-0.15, -0.1) is 11.7 Å². The SMILES string of the molecule is C=CCc1c(C)nc2nc(SCC3=NC4C=CC=CN4C(=O)C3)nn2c1C. The lowest BCUT2D eigenvalue weighted by Crippen LogP contribution is -2.41. The van der Waals surface area contributed by atoms with Crippen LogP contribution in [0, 0.1) is 13.8 Å². The molecule has 0 bridgehead atoms. The zero-order chi connectivity index (χ0) is 19.0. The second-order valence-corrected chi connectivity index (χ2v) is 7.40. The van der Waals surface area contributed by atoms with Crippen LogP contribution in [0.15, 0.2) is 47.2 Å². The molecule has 7 nitrogen and oxygen atoms in total. The third kappa shape index (κ3) is 3.32. The highest BCUT2D eigenvalue weighted by Gasteiger charge is 2.27. The average molecular weight is 380 g/mol. The van der Waals surface area contributed by atoms with Gasteiger partial charge in [0.1, 0.15) is 6.17 Å². The van der Waals surface area contributed by atoms with E-state index < -0.39 is 0 Å². The fourth-order valence-corrected chi connectivity index (χ4v) is 4.01. The van der Waals surface area contributed by atoms with Crippen molar-refractivity contribution in [3.8, 4) is 0 Å². The predicted octanol–water partition coefficient (Wildman–Crippen LogP) is 2.64. The van der Waals surface area contributed by atoms with E-state index in [2.05, 4.69) is 26.6 Å². The van der Waals surface area contributed by atoms with E-state index in [0.29, 0.717) is 23.1 Å². The van der Waals surface area contributed by atoms with Crippen LogP contribution < -0.4 is 0 Å². The zero-order valence-electron chi connectivity index (χ0n) is 15.3. The molecule has 0 aliphatic carbocycles. The lowest BCUT2D eigenvalue weighted by atomic mass is 10.1. The molecule has 4 rings (SSSR count). The summed E-state index contributed by atoms with van der Waals surface area (Å²) < 4.78 is 1.78. The standard InChI is InChI=1S/C19H20N6OS/c1-4-7-15-12(2)20-18-22-19(23-25(18)13(15)3)27-11-14-10-17(26)24-9-6-5-8-16(24)21-14/h4-6,8-9,16H,1,7,10-11H2,2-3H3. The number of aryl methyl sites for hydroxylation is 2. The molecule has 8 heteroatoms. The number of hydrogen-bond acceptors (Lipinski definition) is 6. The topological polar surface area (TPSA) is 75.8 Å². The van der Waals surface area contributed by atoms with E-state index in [9.17, 15) is 4.79 Å². The summed E-state index contributed by atoms with van der Waals surface area (Å²) in [5.74, 6) is 1.24. The van der Waals surface area contributed by atoms with Gasteiger partial charge in [0.05, 0.1) is 6.42 Å². The Kier molecular flexibility index (Phi) is 4.65. The normalized spacial score (nSPS) is 18.7. The van der Waals surface area contributed by atoms with Crippen LogP contribution in [-0.4, -0.2) is 48.0 Å². The maximum atomic E-state index is 12.3. The van der Waals surface area contributed by atoms with Crippen molar-refractivity contribution >= 4 is 29.2 Å². The second-order valence-electron chi connectivity index (χ2n) is 6.46. The fourth-order valence-electron chi connectivity index (χ4n) is 3.25. The Morgan fingerprint density at radius 3 is 3.00 bits per heavy atom. The van der Waals surface area contributed by atoms with Crippen LogP contribution >= 0.6 is 11.8 Å². The van der Waals surface area contributed by atoms with Gasteiger partial charge in [0.2, 0.25) is 11.1 Å². The monoisotopic (exact) mass is 380 g/mol. The zero-order valence-corrected chi connectivity index (χ0v) is 16.1. The van der Waals surface area contributed by atoms with Crippen LogP contribution in [0.4, 0.5) is 0 Å². The van der Waals surface area contributed by atoms with Crippen molar-refractivity contribution in [2.75, 3.05) is 5.75 Å². The van der Waals surface area contributed by atoms with Gasteiger partial charge in [0, 0.05) is 29.1 Å². The maximum absolute atomic E-state index is 12.3. The molecular formula is C19H20N6OS. The highest BCUT2D eigenvalue weighted by Crippen LogP contribution is 2.22. The van der Waals surface area contributed by atoms with E-state index in [0.717, 1.165) is 29.1 Å². The van der Waals surface area contributed by atoms with Gasteiger partial charge >= 0.3 is 0 Å². The molecule has 4 heterocycles. The number of aliphatic imine (C=N–C) groups is 1. The minimum absolute atomic E-state index is 0.0661. The van der Waals surface area contributed by atoms with E-state index in [1.165, 1.54) is 11.8 Å². The molecule has 2 aliphatic rings. The second kappa shape index (κ2) is 7.11. The molecule has 1 unspecified atom stereocenters. The van der Waals surface area contributed by atoms with Gasteiger partial charge < -0.3 is 0 Å². The van der Waals surface area contributed by atoms with E-state index in [1.807, 2.05) is 38.2 Å². The first-order chi connectivity index (χ1) is 13.1. The molecule has 0 radical (unpaired) electrons. The molecule has 138 valence electrons. The third-order valence-corrected chi connectivity index (χ3v) is 5.54. The molecule has 2 aromatic heterocycles. The maximum Gasteiger partial charge on any atom is 0.253 e. The van der Waals surface area contributed by atoms with Crippen molar-refractivity contribution in [1.29, 1.82) is 0 Å². The number of allylic oxidation sites excluding steroid dienone is 3. The first-order valence-corrected chi connectivity index (χ1v) is 9.73. The van der Waals surface area contributed by atoms with Gasteiger partial charge in [-0.2, -0.15) is 4.98 Å². The lowest BCUT2D eigenvalue weighted by Gasteiger charge is -2.30. The largest absolute Gasteiger partial charge is 0.292 e. The van der Waals surface area contributed by atoms with Crippen LogP contribution in [0.3, 0.4) is 0 Å². The van der Waals surface area contributed by atoms with E-state index in [1.54, 1.807) is 15.6 Å². The Bertz CT molecular complexity index is 1020. The molecule has 27 heavy (non-hydrogen) atoms. The predicted molar refractivity (Wildman–Crippen MR) is 106 cm³/mol. The fraction of sp³-hybridized carbons (Fsp3) is 0.316. The number of carbonyl (C=O) groups excluding carboxylic acids is 1. The quantitative estimate of drug-likeness (QED) is 0.589. The molecule has 2 aliphatic heterocycles. The molecule has 0 saturated carbocycles. The first kappa shape index (κ1) is 17.7. The van der Waals surface area contributed by atoms with E-state index >= 15 is 0 Å². The molecule has 0 N–H and O–H groups in total. The number of thioether (sulfide) groups is 1. The highest BCUT2D eigenvalue weighted by molar-refractivity contribution is 7.99. The number of hydrogen-bond donors (Lipinski definition) is 0.